The van der Waals surface area contributed by atoms with E-state index in [2.05, 4.69) is 0 Å². The molecule has 0 aromatic rings. The van der Waals surface area contributed by atoms with Crippen LogP contribution in [0.2, 0.25) is 0 Å². The summed E-state index contributed by atoms with van der Waals surface area (Å²) in [6.45, 7) is 2.72. The van der Waals surface area contributed by atoms with E-state index >= 15 is 0 Å². The molecular weight excluding hydrogens is 276 g/mol. The standard InChI is InChI=1S/C10H22N2O4S2/c1-9-3-4-10(7-11)8-12(9)18(15,16)6-5-17(2,13)14/h9-10H,3-8,11H2,1-2H3. The first-order chi connectivity index (χ1) is 8.15. The van der Waals surface area contributed by atoms with Gasteiger partial charge in [-0.1, -0.05) is 0 Å². The predicted octanol–water partition coefficient (Wildman–Crippen LogP) is -0.580. The van der Waals surface area contributed by atoms with Gasteiger partial charge in [0.05, 0.1) is 11.5 Å². The molecule has 2 unspecified atom stereocenters. The fraction of sp³-hybridized carbons (Fsp3) is 1.00. The molecule has 2 N–H and O–H groups in total. The maximum absolute atomic E-state index is 12.1. The second kappa shape index (κ2) is 5.85. The molecule has 6 nitrogen and oxygen atoms in total. The van der Waals surface area contributed by atoms with Crippen molar-refractivity contribution in [3.63, 3.8) is 0 Å². The van der Waals surface area contributed by atoms with E-state index in [-0.39, 0.29) is 23.5 Å². The zero-order chi connectivity index (χ0) is 14.0. The summed E-state index contributed by atoms with van der Waals surface area (Å²) in [5.41, 5.74) is 5.58. The van der Waals surface area contributed by atoms with Crippen LogP contribution in [0.5, 0.6) is 0 Å². The highest BCUT2D eigenvalue weighted by molar-refractivity contribution is 7.93. The molecule has 0 saturated carbocycles. The highest BCUT2D eigenvalue weighted by Crippen LogP contribution is 2.24. The highest BCUT2D eigenvalue weighted by atomic mass is 32.2. The molecule has 1 saturated heterocycles. The molecule has 1 rings (SSSR count). The van der Waals surface area contributed by atoms with Gasteiger partial charge in [0.15, 0.2) is 0 Å². The van der Waals surface area contributed by atoms with Gasteiger partial charge in [0.1, 0.15) is 9.84 Å². The maximum Gasteiger partial charge on any atom is 0.215 e. The summed E-state index contributed by atoms with van der Waals surface area (Å²) in [6, 6.07) is -0.0719. The second-order valence-corrected chi connectivity index (χ2v) is 9.34. The van der Waals surface area contributed by atoms with Gasteiger partial charge in [-0.15, -0.1) is 0 Å². The van der Waals surface area contributed by atoms with E-state index in [1.807, 2.05) is 6.92 Å². The Hall–Kier alpha value is -0.180. The number of rotatable bonds is 5. The third-order valence-corrected chi connectivity index (χ3v) is 6.47. The summed E-state index contributed by atoms with van der Waals surface area (Å²) in [6.07, 6.45) is 2.75. The monoisotopic (exact) mass is 298 g/mol. The van der Waals surface area contributed by atoms with E-state index in [9.17, 15) is 16.8 Å². The van der Waals surface area contributed by atoms with E-state index < -0.39 is 19.9 Å². The van der Waals surface area contributed by atoms with Crippen molar-refractivity contribution in [2.75, 3.05) is 30.9 Å². The van der Waals surface area contributed by atoms with Crippen molar-refractivity contribution in [3.8, 4) is 0 Å². The molecule has 0 spiro atoms. The Balaban J connectivity index is 2.76. The molecule has 0 aromatic carbocycles. The Kier molecular flexibility index (Phi) is 5.16. The van der Waals surface area contributed by atoms with Gasteiger partial charge in [-0.25, -0.2) is 16.8 Å². The summed E-state index contributed by atoms with van der Waals surface area (Å²) < 4.78 is 47.8. The van der Waals surface area contributed by atoms with E-state index in [1.54, 1.807) is 0 Å². The molecule has 1 aliphatic rings. The fourth-order valence-corrected chi connectivity index (χ4v) is 5.48. The van der Waals surface area contributed by atoms with Gasteiger partial charge in [-0.3, -0.25) is 0 Å². The lowest BCUT2D eigenvalue weighted by Crippen LogP contribution is -2.48. The Labute approximate surface area is 110 Å². The predicted molar refractivity (Wildman–Crippen MR) is 71.4 cm³/mol. The lowest BCUT2D eigenvalue weighted by atomic mass is 9.96. The first-order valence-electron chi connectivity index (χ1n) is 6.03. The number of hydrogen-bond donors (Lipinski definition) is 1. The van der Waals surface area contributed by atoms with Gasteiger partial charge in [-0.2, -0.15) is 4.31 Å². The van der Waals surface area contributed by atoms with Gasteiger partial charge >= 0.3 is 0 Å². The quantitative estimate of drug-likeness (QED) is 0.732. The molecule has 18 heavy (non-hydrogen) atoms. The minimum atomic E-state index is -3.51. The average molecular weight is 298 g/mol. The van der Waals surface area contributed by atoms with Crippen molar-refractivity contribution in [3.05, 3.63) is 0 Å². The number of sulfone groups is 1. The van der Waals surface area contributed by atoms with Crippen molar-refractivity contribution in [2.45, 2.75) is 25.8 Å². The first-order valence-corrected chi connectivity index (χ1v) is 9.70. The highest BCUT2D eigenvalue weighted by Gasteiger charge is 2.33. The van der Waals surface area contributed by atoms with E-state index in [1.165, 1.54) is 4.31 Å². The largest absolute Gasteiger partial charge is 0.330 e. The van der Waals surface area contributed by atoms with E-state index in [0.29, 0.717) is 13.1 Å². The summed E-state index contributed by atoms with van der Waals surface area (Å²) >= 11 is 0. The third-order valence-electron chi connectivity index (χ3n) is 3.33. The fourth-order valence-electron chi connectivity index (χ4n) is 2.10. The number of nitrogens with zero attached hydrogens (tertiary/aromatic N) is 1. The smallest absolute Gasteiger partial charge is 0.215 e. The summed E-state index contributed by atoms with van der Waals surface area (Å²) in [7, 11) is -6.77. The molecule has 0 bridgehead atoms. The van der Waals surface area contributed by atoms with E-state index in [4.69, 9.17) is 5.73 Å². The van der Waals surface area contributed by atoms with Crippen LogP contribution in [0.4, 0.5) is 0 Å². The van der Waals surface area contributed by atoms with Gasteiger partial charge in [0.2, 0.25) is 10.0 Å². The summed E-state index contributed by atoms with van der Waals surface area (Å²) in [4.78, 5) is 0. The van der Waals surface area contributed by atoms with Crippen molar-refractivity contribution in [2.24, 2.45) is 11.7 Å². The van der Waals surface area contributed by atoms with Crippen LogP contribution in [0.3, 0.4) is 0 Å². The van der Waals surface area contributed by atoms with Gasteiger partial charge in [-0.05, 0) is 32.2 Å². The molecule has 0 amide bonds. The lowest BCUT2D eigenvalue weighted by molar-refractivity contribution is 0.211. The normalized spacial score (nSPS) is 27.3. The van der Waals surface area contributed by atoms with Crippen molar-refractivity contribution in [1.29, 1.82) is 0 Å². The van der Waals surface area contributed by atoms with Crippen LogP contribution in [0, 0.1) is 5.92 Å². The third kappa shape index (κ3) is 4.49. The van der Waals surface area contributed by atoms with Crippen LogP contribution in [-0.2, 0) is 19.9 Å². The summed E-state index contributed by atoms with van der Waals surface area (Å²) in [5, 5.41) is 0. The van der Waals surface area contributed by atoms with Crippen molar-refractivity contribution < 1.29 is 16.8 Å². The molecular formula is C10H22N2O4S2. The van der Waals surface area contributed by atoms with Gasteiger partial charge < -0.3 is 5.73 Å². The van der Waals surface area contributed by atoms with Gasteiger partial charge in [0, 0.05) is 18.8 Å². The molecule has 2 atom stereocenters. The van der Waals surface area contributed by atoms with Crippen LogP contribution in [0.15, 0.2) is 0 Å². The van der Waals surface area contributed by atoms with Crippen molar-refractivity contribution in [1.82, 2.24) is 4.31 Å². The van der Waals surface area contributed by atoms with E-state index in [0.717, 1.165) is 19.1 Å². The Morgan fingerprint density at radius 2 is 1.78 bits per heavy atom. The van der Waals surface area contributed by atoms with Crippen LogP contribution in [-0.4, -0.2) is 58.0 Å². The zero-order valence-electron chi connectivity index (χ0n) is 10.9. The topological polar surface area (TPSA) is 97.5 Å². The summed E-state index contributed by atoms with van der Waals surface area (Å²) in [5.74, 6) is -0.492. The average Bonchev–Trinajstić information content (AvgIpc) is 2.26. The Bertz CT molecular complexity index is 472. The molecule has 1 fully saturated rings. The molecule has 1 heterocycles. The Morgan fingerprint density at radius 1 is 1.17 bits per heavy atom. The van der Waals surface area contributed by atoms with Crippen LogP contribution < -0.4 is 5.73 Å². The molecule has 108 valence electrons. The molecule has 0 aromatic heterocycles. The molecule has 0 radical (unpaired) electrons. The lowest BCUT2D eigenvalue weighted by Gasteiger charge is -2.36. The molecule has 8 heteroatoms. The Morgan fingerprint density at radius 3 is 2.28 bits per heavy atom. The minimum Gasteiger partial charge on any atom is -0.330 e. The maximum atomic E-state index is 12.1. The number of sulfonamides is 1. The number of hydrogen-bond acceptors (Lipinski definition) is 5. The number of nitrogens with two attached hydrogens (primary N) is 1. The molecule has 0 aliphatic carbocycles. The van der Waals surface area contributed by atoms with Crippen molar-refractivity contribution >= 4 is 19.9 Å². The second-order valence-electron chi connectivity index (χ2n) is 5.04. The molecule has 1 aliphatic heterocycles. The zero-order valence-corrected chi connectivity index (χ0v) is 12.5. The van der Waals surface area contributed by atoms with Crippen LogP contribution >= 0.6 is 0 Å². The number of piperidine rings is 1. The van der Waals surface area contributed by atoms with Crippen LogP contribution in [0.1, 0.15) is 19.8 Å². The van der Waals surface area contributed by atoms with Gasteiger partial charge in [0.25, 0.3) is 0 Å². The first kappa shape index (κ1) is 15.9. The minimum absolute atomic E-state index is 0.0719. The SMILES string of the molecule is CC1CCC(CN)CN1S(=O)(=O)CCS(C)(=O)=O. The van der Waals surface area contributed by atoms with Crippen LogP contribution in [0.25, 0.3) is 0 Å².